The summed E-state index contributed by atoms with van der Waals surface area (Å²) in [7, 11) is 0. The van der Waals surface area contributed by atoms with Crippen molar-refractivity contribution in [1.29, 1.82) is 0 Å². The van der Waals surface area contributed by atoms with Crippen molar-refractivity contribution in [3.63, 3.8) is 0 Å². The van der Waals surface area contributed by atoms with Crippen LogP contribution in [0, 0.1) is 0 Å². The molecular formula is C19H15N3O2. The quantitative estimate of drug-likeness (QED) is 0.698. The van der Waals surface area contributed by atoms with Crippen molar-refractivity contribution >= 4 is 17.5 Å². The second-order valence-electron chi connectivity index (χ2n) is 5.70. The van der Waals surface area contributed by atoms with Crippen LogP contribution in [0.3, 0.4) is 0 Å². The minimum atomic E-state index is -0.269. The Morgan fingerprint density at radius 1 is 0.958 bits per heavy atom. The predicted octanol–water partition coefficient (Wildman–Crippen LogP) is 2.66. The van der Waals surface area contributed by atoms with E-state index < -0.39 is 0 Å². The molecule has 0 saturated carbocycles. The smallest absolute Gasteiger partial charge is 0.265 e. The van der Waals surface area contributed by atoms with Crippen LogP contribution in [0.5, 0.6) is 0 Å². The van der Waals surface area contributed by atoms with Gasteiger partial charge in [-0.05, 0) is 29.3 Å². The van der Waals surface area contributed by atoms with Crippen LogP contribution in [0.15, 0.2) is 67.0 Å². The number of anilines is 1. The molecule has 2 aromatic carbocycles. The molecule has 5 heteroatoms. The van der Waals surface area contributed by atoms with Crippen LogP contribution in [0.4, 0.5) is 5.69 Å². The Labute approximate surface area is 139 Å². The van der Waals surface area contributed by atoms with Gasteiger partial charge in [0, 0.05) is 18.0 Å². The molecule has 1 aliphatic heterocycles. The minimum Gasteiger partial charge on any atom is -0.274 e. The maximum Gasteiger partial charge on any atom is 0.265 e. The molecule has 0 spiro atoms. The van der Waals surface area contributed by atoms with E-state index in [0.717, 1.165) is 11.1 Å². The van der Waals surface area contributed by atoms with Crippen LogP contribution in [-0.2, 0) is 17.8 Å². The zero-order valence-electron chi connectivity index (χ0n) is 12.9. The third-order valence-corrected chi connectivity index (χ3v) is 4.17. The fourth-order valence-corrected chi connectivity index (χ4v) is 3.03. The molecule has 0 N–H and O–H groups in total. The third kappa shape index (κ3) is 2.40. The fraction of sp³-hybridized carbons (Fsp3) is 0.105. The molecule has 0 saturated heterocycles. The minimum absolute atomic E-state index is 0.202. The highest BCUT2D eigenvalue weighted by Gasteiger charge is 2.32. The van der Waals surface area contributed by atoms with Gasteiger partial charge in [-0.25, -0.2) is 4.90 Å². The molecular weight excluding hydrogens is 302 g/mol. The molecule has 0 fully saturated rings. The zero-order chi connectivity index (χ0) is 16.5. The van der Waals surface area contributed by atoms with Crippen LogP contribution in [0.2, 0.25) is 0 Å². The number of carbonyl (C=O) groups excluding carboxylic acids is 2. The summed E-state index contributed by atoms with van der Waals surface area (Å²) in [6.45, 7) is 0.502. The molecule has 118 valence electrons. The average molecular weight is 317 g/mol. The standard InChI is InChI=1S/C19H15N3O2/c23-18-12-14-6-1-3-8-16(14)19(24)22(18)17-9-4-2-7-15(17)13-21-11-5-10-20-21/h1-11H,12-13H2. The lowest BCUT2D eigenvalue weighted by Gasteiger charge is -2.28. The summed E-state index contributed by atoms with van der Waals surface area (Å²) >= 11 is 0. The normalized spacial score (nSPS) is 13.9. The summed E-state index contributed by atoms with van der Waals surface area (Å²) in [5.74, 6) is -0.471. The summed E-state index contributed by atoms with van der Waals surface area (Å²) in [4.78, 5) is 26.8. The summed E-state index contributed by atoms with van der Waals surface area (Å²) in [5, 5.41) is 4.20. The first kappa shape index (κ1) is 14.4. The molecule has 0 aliphatic carbocycles. The van der Waals surface area contributed by atoms with Crippen molar-refractivity contribution in [3.8, 4) is 0 Å². The topological polar surface area (TPSA) is 55.2 Å². The summed E-state index contributed by atoms with van der Waals surface area (Å²) in [6.07, 6.45) is 3.79. The van der Waals surface area contributed by atoms with E-state index in [4.69, 9.17) is 0 Å². The van der Waals surface area contributed by atoms with Gasteiger partial charge >= 0.3 is 0 Å². The number of rotatable bonds is 3. The maximum absolute atomic E-state index is 12.9. The molecule has 4 rings (SSSR count). The van der Waals surface area contributed by atoms with Gasteiger partial charge in [-0.1, -0.05) is 36.4 Å². The van der Waals surface area contributed by atoms with Crippen molar-refractivity contribution in [2.24, 2.45) is 0 Å². The van der Waals surface area contributed by atoms with Gasteiger partial charge in [0.2, 0.25) is 5.91 Å². The lowest BCUT2D eigenvalue weighted by Crippen LogP contribution is -2.43. The van der Waals surface area contributed by atoms with E-state index in [-0.39, 0.29) is 18.2 Å². The number of fused-ring (bicyclic) bond motifs is 1. The van der Waals surface area contributed by atoms with Crippen molar-refractivity contribution < 1.29 is 9.59 Å². The van der Waals surface area contributed by atoms with Crippen LogP contribution >= 0.6 is 0 Å². The summed E-state index contributed by atoms with van der Waals surface area (Å²) in [6, 6.07) is 16.6. The highest BCUT2D eigenvalue weighted by atomic mass is 16.2. The van der Waals surface area contributed by atoms with Gasteiger partial charge in [-0.2, -0.15) is 5.10 Å². The molecule has 0 unspecified atom stereocenters. The highest BCUT2D eigenvalue weighted by Crippen LogP contribution is 2.28. The average Bonchev–Trinajstić information content (AvgIpc) is 3.09. The molecule has 0 atom stereocenters. The highest BCUT2D eigenvalue weighted by molar-refractivity contribution is 6.24. The third-order valence-electron chi connectivity index (χ3n) is 4.17. The number of carbonyl (C=O) groups is 2. The number of hydrogen-bond donors (Lipinski definition) is 0. The van der Waals surface area contributed by atoms with Gasteiger partial charge in [0.25, 0.3) is 5.91 Å². The van der Waals surface area contributed by atoms with E-state index in [0.29, 0.717) is 17.8 Å². The Morgan fingerprint density at radius 2 is 1.75 bits per heavy atom. The van der Waals surface area contributed by atoms with Gasteiger partial charge in [-0.3, -0.25) is 14.3 Å². The molecule has 1 aromatic heterocycles. The Hall–Kier alpha value is -3.21. The van der Waals surface area contributed by atoms with Crippen LogP contribution in [0.25, 0.3) is 0 Å². The Balaban J connectivity index is 1.76. The van der Waals surface area contributed by atoms with E-state index >= 15 is 0 Å². The SMILES string of the molecule is O=C1Cc2ccccc2C(=O)N1c1ccccc1Cn1cccn1. The fourth-order valence-electron chi connectivity index (χ4n) is 3.03. The van der Waals surface area contributed by atoms with Crippen molar-refractivity contribution in [3.05, 3.63) is 83.7 Å². The van der Waals surface area contributed by atoms with Gasteiger partial charge in [0.05, 0.1) is 18.7 Å². The van der Waals surface area contributed by atoms with Crippen molar-refractivity contribution in [1.82, 2.24) is 9.78 Å². The van der Waals surface area contributed by atoms with E-state index in [1.807, 2.05) is 54.7 Å². The molecule has 0 radical (unpaired) electrons. The summed E-state index contributed by atoms with van der Waals surface area (Å²) < 4.78 is 1.77. The van der Waals surface area contributed by atoms with Crippen LogP contribution in [0.1, 0.15) is 21.5 Å². The zero-order valence-corrected chi connectivity index (χ0v) is 12.9. The number of amides is 2. The Bertz CT molecular complexity index is 916. The van der Waals surface area contributed by atoms with Crippen LogP contribution < -0.4 is 4.90 Å². The Morgan fingerprint density at radius 3 is 2.58 bits per heavy atom. The largest absolute Gasteiger partial charge is 0.274 e. The van der Waals surface area contributed by atoms with E-state index in [9.17, 15) is 9.59 Å². The second-order valence-corrected chi connectivity index (χ2v) is 5.70. The first-order chi connectivity index (χ1) is 11.7. The number of imide groups is 1. The van der Waals surface area contributed by atoms with E-state index in [1.54, 1.807) is 16.9 Å². The molecule has 5 nitrogen and oxygen atoms in total. The van der Waals surface area contributed by atoms with Crippen LogP contribution in [-0.4, -0.2) is 21.6 Å². The van der Waals surface area contributed by atoms with E-state index in [2.05, 4.69) is 5.10 Å². The molecule has 1 aliphatic rings. The van der Waals surface area contributed by atoms with Gasteiger partial charge < -0.3 is 0 Å². The maximum atomic E-state index is 12.9. The first-order valence-electron chi connectivity index (χ1n) is 7.74. The molecule has 2 amide bonds. The lowest BCUT2D eigenvalue weighted by molar-refractivity contribution is -0.117. The van der Waals surface area contributed by atoms with E-state index in [1.165, 1.54) is 4.90 Å². The monoisotopic (exact) mass is 317 g/mol. The number of aromatic nitrogens is 2. The Kier molecular flexibility index (Phi) is 3.46. The first-order valence-corrected chi connectivity index (χ1v) is 7.74. The second kappa shape index (κ2) is 5.77. The van der Waals surface area contributed by atoms with Crippen molar-refractivity contribution in [2.75, 3.05) is 4.90 Å². The van der Waals surface area contributed by atoms with Gasteiger partial charge in [-0.15, -0.1) is 0 Å². The summed E-state index contributed by atoms with van der Waals surface area (Å²) in [5.41, 5.74) is 2.87. The molecule has 0 bridgehead atoms. The number of nitrogens with zero attached hydrogens (tertiary/aromatic N) is 3. The molecule has 24 heavy (non-hydrogen) atoms. The molecule has 2 heterocycles. The van der Waals surface area contributed by atoms with Gasteiger partial charge in [0.15, 0.2) is 0 Å². The van der Waals surface area contributed by atoms with Crippen molar-refractivity contribution in [2.45, 2.75) is 13.0 Å². The number of benzene rings is 2. The lowest BCUT2D eigenvalue weighted by atomic mass is 9.97. The number of hydrogen-bond acceptors (Lipinski definition) is 3. The number of para-hydroxylation sites is 1. The molecule has 3 aromatic rings. The van der Waals surface area contributed by atoms with Gasteiger partial charge in [0.1, 0.15) is 0 Å². The predicted molar refractivity (Wildman–Crippen MR) is 89.7 cm³/mol.